The summed E-state index contributed by atoms with van der Waals surface area (Å²) < 4.78 is 129. The predicted molar refractivity (Wildman–Crippen MR) is 104 cm³/mol. The van der Waals surface area contributed by atoms with E-state index in [2.05, 4.69) is 5.90 Å². The molecule has 1 aromatic rings. The summed E-state index contributed by atoms with van der Waals surface area (Å²) in [5.41, 5.74) is -2.42. The van der Waals surface area contributed by atoms with Gasteiger partial charge in [0.25, 0.3) is 0 Å². The van der Waals surface area contributed by atoms with E-state index in [0.29, 0.717) is 19.1 Å². The molecule has 16 heteroatoms. The normalized spacial score (nSPS) is 27.8. The minimum Gasteiger partial charge on any atom is -0.475 e. The van der Waals surface area contributed by atoms with Crippen molar-refractivity contribution in [3.8, 4) is 5.75 Å². The Morgan fingerprint density at radius 1 is 1.17 bits per heavy atom. The van der Waals surface area contributed by atoms with Gasteiger partial charge in [-0.1, -0.05) is 26.4 Å². The molecular formula is C19H22F8NO6S+. The number of carbonyl (C=O) groups is 1. The zero-order valence-electron chi connectivity index (χ0n) is 18.0. The molecule has 3 heterocycles. The Morgan fingerprint density at radius 3 is 2.40 bits per heavy atom. The first-order chi connectivity index (χ1) is 16.0. The first-order valence-electron chi connectivity index (χ1n) is 10.1. The number of carbonyl (C=O) groups excluding carboxylic acids is 1. The maximum absolute atomic E-state index is 13.7. The highest BCUT2D eigenvalue weighted by Gasteiger charge is 2.66. The van der Waals surface area contributed by atoms with E-state index in [0.717, 1.165) is 0 Å². The van der Waals surface area contributed by atoms with Gasteiger partial charge in [-0.05, 0) is 36.6 Å². The summed E-state index contributed by atoms with van der Waals surface area (Å²) in [6.07, 6.45) is -9.52. The van der Waals surface area contributed by atoms with Crippen molar-refractivity contribution < 1.29 is 67.4 Å². The number of quaternary nitrogens is 1. The molecule has 0 saturated carbocycles. The lowest BCUT2D eigenvalue weighted by Crippen LogP contribution is -2.42. The molecule has 3 aliphatic rings. The molecule has 2 fully saturated rings. The van der Waals surface area contributed by atoms with E-state index in [1.54, 1.807) is 0 Å². The number of alkyl halides is 3. The summed E-state index contributed by atoms with van der Waals surface area (Å²) in [6.45, 7) is 1.42. The molecule has 4 atom stereocenters. The summed E-state index contributed by atoms with van der Waals surface area (Å²) in [5.74, 6) is 0.0638. The van der Waals surface area contributed by atoms with Gasteiger partial charge in [-0.15, -0.1) is 0 Å². The van der Waals surface area contributed by atoms with E-state index in [9.17, 15) is 37.4 Å². The summed E-state index contributed by atoms with van der Waals surface area (Å²) >= 11 is 0. The molecule has 35 heavy (non-hydrogen) atoms. The molecule has 200 valence electrons. The van der Waals surface area contributed by atoms with Crippen LogP contribution >= 0.6 is 10.2 Å². The van der Waals surface area contributed by atoms with E-state index in [-0.39, 0.29) is 25.2 Å². The third kappa shape index (κ3) is 5.66. The first kappa shape index (κ1) is 27.4. The quantitative estimate of drug-likeness (QED) is 0.333. The van der Waals surface area contributed by atoms with Gasteiger partial charge >= 0.3 is 22.4 Å². The van der Waals surface area contributed by atoms with Crippen molar-refractivity contribution in [1.82, 2.24) is 0 Å². The van der Waals surface area contributed by atoms with Crippen molar-refractivity contribution in [2.45, 2.75) is 55.3 Å². The number of ether oxygens (including phenoxy) is 4. The van der Waals surface area contributed by atoms with Crippen LogP contribution in [0.2, 0.25) is 0 Å². The average Bonchev–Trinajstić information content (AvgIpc) is 3.36. The smallest absolute Gasteiger partial charge is 0.430 e. The number of rotatable bonds is 4. The van der Waals surface area contributed by atoms with Crippen LogP contribution in [0.4, 0.5) is 32.6 Å². The minimum absolute atomic E-state index is 0.0231. The van der Waals surface area contributed by atoms with Crippen LogP contribution in [0.1, 0.15) is 24.5 Å². The van der Waals surface area contributed by atoms with E-state index in [1.165, 1.54) is 6.92 Å². The molecule has 4 rings (SSSR count). The van der Waals surface area contributed by atoms with E-state index in [4.69, 9.17) is 24.2 Å². The van der Waals surface area contributed by atoms with E-state index in [1.807, 2.05) is 0 Å². The van der Waals surface area contributed by atoms with Crippen LogP contribution in [0, 0.1) is 0 Å². The molecule has 1 aromatic carbocycles. The molecule has 4 unspecified atom stereocenters. The highest BCUT2D eigenvalue weighted by Crippen LogP contribution is 3.02. The number of benzene rings is 1. The summed E-state index contributed by atoms with van der Waals surface area (Å²) in [7, 11) is -10.2. The topological polar surface area (TPSA) is 102 Å². The maximum Gasteiger partial charge on any atom is 0.430 e. The largest absolute Gasteiger partial charge is 0.475 e. The zero-order chi connectivity index (χ0) is 26.5. The molecule has 0 spiro atoms. The Kier molecular flexibility index (Phi) is 6.64. The van der Waals surface area contributed by atoms with Gasteiger partial charge in [-0.3, -0.25) is 0 Å². The summed E-state index contributed by atoms with van der Waals surface area (Å²) in [6, 6.07) is 0.0448. The van der Waals surface area contributed by atoms with Crippen LogP contribution in [-0.4, -0.2) is 55.0 Å². The van der Waals surface area contributed by atoms with Crippen molar-refractivity contribution in [3.05, 3.63) is 28.8 Å². The first-order valence-corrected chi connectivity index (χ1v) is 12.0. The van der Waals surface area contributed by atoms with E-state index >= 15 is 0 Å². The van der Waals surface area contributed by atoms with Gasteiger partial charge in [0.2, 0.25) is 6.10 Å². The molecule has 0 aliphatic carbocycles. The van der Waals surface area contributed by atoms with Crippen molar-refractivity contribution in [1.29, 1.82) is 0 Å². The minimum atomic E-state index is -10.2. The van der Waals surface area contributed by atoms with E-state index < -0.39 is 74.1 Å². The Morgan fingerprint density at radius 2 is 1.83 bits per heavy atom. The van der Waals surface area contributed by atoms with Gasteiger partial charge in [0.05, 0.1) is 18.3 Å². The second-order valence-corrected chi connectivity index (χ2v) is 10.3. The molecule has 0 bridgehead atoms. The molecule has 3 aliphatic heterocycles. The highest BCUT2D eigenvalue weighted by atomic mass is 32.5. The van der Waals surface area contributed by atoms with Crippen LogP contribution in [0.5, 0.6) is 5.75 Å². The van der Waals surface area contributed by atoms with Gasteiger partial charge in [-0.2, -0.15) is 13.2 Å². The standard InChI is InChI=1S/C19H18F8O5S.H4NO/c1-2-9-5-11(33(23,24,25,26)27)6-10-7-12(17(19(20,21)22)32-15(9)10)18(28)31-14-8-30-13-3-4-29-16(13)14;1-2/h5-7,13-14,16-17H,2-4,8H2,1H3;2H,1H3/q;+1. The fraction of sp³-hybridized carbons (Fsp3) is 0.526. The Bertz CT molecular complexity index is 1030. The molecule has 0 aromatic heterocycles. The number of aryl methyl sites for hydroxylation is 1. The molecule has 0 amide bonds. The number of hydrogen-bond acceptors (Lipinski definition) is 6. The second kappa shape index (κ2) is 8.47. The van der Waals surface area contributed by atoms with Crippen LogP contribution in [0.3, 0.4) is 0 Å². The van der Waals surface area contributed by atoms with Crippen LogP contribution in [0.15, 0.2) is 22.6 Å². The molecule has 0 radical (unpaired) electrons. The number of fused-ring (bicyclic) bond motifs is 2. The van der Waals surface area contributed by atoms with Crippen LogP contribution < -0.4 is 10.6 Å². The Balaban J connectivity index is 0.00000167. The fourth-order valence-electron chi connectivity index (χ4n) is 3.99. The predicted octanol–water partition coefficient (Wildman–Crippen LogP) is 4.33. The third-order valence-corrected chi connectivity index (χ3v) is 6.66. The van der Waals surface area contributed by atoms with Crippen molar-refractivity contribution in [3.63, 3.8) is 0 Å². The van der Waals surface area contributed by atoms with Crippen LogP contribution in [-0.2, 0) is 25.4 Å². The van der Waals surface area contributed by atoms with Gasteiger partial charge in [0.1, 0.15) is 16.7 Å². The van der Waals surface area contributed by atoms with Crippen molar-refractivity contribution in [2.24, 2.45) is 0 Å². The number of esters is 1. The molecule has 2 saturated heterocycles. The molecule has 4 N–H and O–H groups in total. The van der Waals surface area contributed by atoms with Gasteiger partial charge in [0.15, 0.2) is 6.10 Å². The lowest BCUT2D eigenvalue weighted by atomic mass is 9.98. The monoisotopic (exact) mass is 544 g/mol. The molecular weight excluding hydrogens is 522 g/mol. The fourth-order valence-corrected chi connectivity index (χ4v) is 4.70. The van der Waals surface area contributed by atoms with Crippen LogP contribution in [0.25, 0.3) is 6.08 Å². The van der Waals surface area contributed by atoms with Gasteiger partial charge in [0, 0.05) is 12.2 Å². The Labute approximate surface area is 193 Å². The Hall–Kier alpha value is -2.14. The molecule has 7 nitrogen and oxygen atoms in total. The summed E-state index contributed by atoms with van der Waals surface area (Å²) in [5, 5.41) is 6.75. The summed E-state index contributed by atoms with van der Waals surface area (Å²) in [4.78, 5) is 10.3. The third-order valence-electron chi connectivity index (χ3n) is 5.54. The van der Waals surface area contributed by atoms with Gasteiger partial charge in [-0.25, -0.2) is 15.9 Å². The number of hydrogen-bond donors (Lipinski definition) is 2. The zero-order valence-corrected chi connectivity index (χ0v) is 18.8. The number of halogens is 8. The second-order valence-electron chi connectivity index (χ2n) is 7.90. The average molecular weight is 544 g/mol. The van der Waals surface area contributed by atoms with Gasteiger partial charge < -0.3 is 18.9 Å². The SMILES string of the molecule is CCc1cc(S(F)(F)(F)(F)F)cc2c1OC(C(F)(F)F)C(C(=O)OC1COC3CCOC31)=C2.[NH3+]O. The van der Waals surface area contributed by atoms with Crippen molar-refractivity contribution in [2.75, 3.05) is 13.2 Å². The lowest BCUT2D eigenvalue weighted by Gasteiger charge is -2.41. The van der Waals surface area contributed by atoms with Crippen molar-refractivity contribution >= 4 is 22.3 Å². The highest BCUT2D eigenvalue weighted by molar-refractivity contribution is 8.45. The maximum atomic E-state index is 13.7. The lowest BCUT2D eigenvalue weighted by molar-refractivity contribution is -0.670.